The van der Waals surface area contributed by atoms with Crippen LogP contribution < -0.4 is 0 Å². The molecule has 0 saturated heterocycles. The van der Waals surface area contributed by atoms with Crippen molar-refractivity contribution in [3.63, 3.8) is 0 Å². The van der Waals surface area contributed by atoms with Crippen LogP contribution in [0.1, 0.15) is 0 Å². The zero-order valence-corrected chi connectivity index (χ0v) is 41.0. The second kappa shape index (κ2) is 66.9. The van der Waals surface area contributed by atoms with Crippen molar-refractivity contribution < 1.29 is 29.4 Å². The average molecular weight is 954 g/mol. The third-order valence-corrected chi connectivity index (χ3v) is 8.59. The monoisotopic (exact) mass is 952 g/mol. The van der Waals surface area contributed by atoms with E-state index in [4.69, 9.17) is 0 Å². The van der Waals surface area contributed by atoms with E-state index in [1.807, 2.05) is 58.4 Å². The van der Waals surface area contributed by atoms with Gasteiger partial charge in [-0.15, -0.1) is 36.7 Å². The van der Waals surface area contributed by atoms with E-state index in [-0.39, 0.29) is 0 Å². The summed E-state index contributed by atoms with van der Waals surface area (Å²) >= 11 is 21.4. The summed E-state index contributed by atoms with van der Waals surface area (Å²) in [7, 11) is -4.75. The molecule has 0 N–H and O–H groups in total. The van der Waals surface area contributed by atoms with Crippen LogP contribution in [0.25, 0.3) is 0 Å². The highest BCUT2D eigenvalue weighted by atomic mass is 79.9. The number of thiol groups is 2. The zero-order valence-electron chi connectivity index (χ0n) is 30.2. The van der Waals surface area contributed by atoms with E-state index in [2.05, 4.69) is 112 Å². The van der Waals surface area contributed by atoms with Crippen LogP contribution in [0, 0.1) is 0 Å². The van der Waals surface area contributed by atoms with E-state index in [0.29, 0.717) is 5.75 Å². The Morgan fingerprint density at radius 1 is 0.708 bits per heavy atom. The molecule has 7 nitrogen and oxygen atoms in total. The first-order chi connectivity index (χ1) is 22.5. The Morgan fingerprint density at radius 3 is 1.21 bits per heavy atom. The van der Waals surface area contributed by atoms with Crippen LogP contribution in [0.5, 0.6) is 0 Å². The quantitative estimate of drug-likeness (QED) is 0.0927. The fourth-order valence-electron chi connectivity index (χ4n) is 0.892. The molecule has 292 valence electrons. The molecule has 0 aromatic rings. The molecule has 0 aliphatic heterocycles. The Morgan fingerprint density at radius 2 is 1.04 bits per heavy atom. The van der Waals surface area contributed by atoms with Crippen molar-refractivity contribution in [1.29, 1.82) is 0 Å². The van der Waals surface area contributed by atoms with Crippen molar-refractivity contribution in [2.24, 2.45) is 0 Å². The van der Waals surface area contributed by atoms with Gasteiger partial charge in [0, 0.05) is 51.6 Å². The number of hydrogen-bond donors (Lipinski definition) is 2. The predicted molar refractivity (Wildman–Crippen MR) is 252 cm³/mol. The maximum absolute atomic E-state index is 10.4. The molecule has 0 fully saturated rings. The maximum atomic E-state index is 10.4. The van der Waals surface area contributed by atoms with Gasteiger partial charge in [-0.2, -0.15) is 89.1 Å². The molecule has 0 aromatic carbocycles. The molecule has 0 spiro atoms. The summed E-state index contributed by atoms with van der Waals surface area (Å²) in [6, 6.07) is 0. The van der Waals surface area contributed by atoms with E-state index in [1.165, 1.54) is 0 Å². The first-order valence-corrected chi connectivity index (χ1v) is 28.5. The lowest BCUT2D eigenvalue weighted by atomic mass is 10.8. The minimum absolute atomic E-state index is 0.667. The van der Waals surface area contributed by atoms with Gasteiger partial charge in [-0.05, 0) is 58.7 Å². The maximum Gasteiger partial charge on any atom is 0.264 e. The summed E-state index contributed by atoms with van der Waals surface area (Å²) in [5, 5.41) is 5.81. The molecule has 1 atom stereocenters. The third-order valence-electron chi connectivity index (χ3n) is 2.80. The molecule has 0 aromatic heterocycles. The molecule has 0 radical (unpaired) electrons. The van der Waals surface area contributed by atoms with Crippen molar-refractivity contribution in [1.82, 2.24) is 0 Å². The van der Waals surface area contributed by atoms with Crippen LogP contribution in [0.2, 0.25) is 0 Å². The van der Waals surface area contributed by atoms with E-state index in [1.54, 1.807) is 64.8 Å². The highest BCUT2D eigenvalue weighted by Crippen LogP contribution is 1.97. The molecular formula is C29H61BrO7S11. The van der Waals surface area contributed by atoms with Crippen LogP contribution in [0.3, 0.4) is 0 Å². The molecular weight excluding hydrogens is 893 g/mol. The second-order valence-corrected chi connectivity index (χ2v) is 18.3. The van der Waals surface area contributed by atoms with Crippen LogP contribution in [-0.4, -0.2) is 126 Å². The van der Waals surface area contributed by atoms with Crippen molar-refractivity contribution in [2.75, 3.05) is 105 Å². The zero-order chi connectivity index (χ0) is 39.5. The largest absolute Gasteiger partial charge is 0.274 e. The van der Waals surface area contributed by atoms with Gasteiger partial charge in [0.25, 0.3) is 20.2 Å². The van der Waals surface area contributed by atoms with Gasteiger partial charge in [0.05, 0.1) is 26.7 Å². The van der Waals surface area contributed by atoms with Gasteiger partial charge in [0.1, 0.15) is 0 Å². The molecule has 0 amide bonds. The highest BCUT2D eigenvalue weighted by Gasteiger charge is 1.91. The number of rotatable bonds is 15. The van der Waals surface area contributed by atoms with Gasteiger partial charge in [0.2, 0.25) is 0 Å². The summed E-state index contributed by atoms with van der Waals surface area (Å²) < 4.78 is 57.3. The minimum atomic E-state index is -3.16. The Kier molecular flexibility index (Phi) is 94.4. The summed E-state index contributed by atoms with van der Waals surface area (Å²) in [6.45, 7) is 6.93. The predicted octanol–water partition coefficient (Wildman–Crippen LogP) is 9.34. The van der Waals surface area contributed by atoms with E-state index in [0.717, 1.165) is 55.5 Å². The topological polar surface area (TPSA) is 104 Å². The first-order valence-electron chi connectivity index (χ1n) is 13.0. The first kappa shape index (κ1) is 67.8. The summed E-state index contributed by atoms with van der Waals surface area (Å²) in [4.78, 5) is 1.88. The van der Waals surface area contributed by atoms with Crippen LogP contribution >= 0.6 is 112 Å². The third kappa shape index (κ3) is 158. The van der Waals surface area contributed by atoms with Gasteiger partial charge in [0.15, 0.2) is 0 Å². The molecule has 0 rings (SSSR count). The van der Waals surface area contributed by atoms with Crippen LogP contribution in [-0.2, 0) is 39.4 Å². The molecule has 19 heteroatoms. The van der Waals surface area contributed by atoms with Crippen LogP contribution in [0.15, 0.2) is 70.8 Å². The molecule has 0 bridgehead atoms. The van der Waals surface area contributed by atoms with Crippen molar-refractivity contribution in [3.8, 4) is 0 Å². The van der Waals surface area contributed by atoms with E-state index >= 15 is 0 Å². The van der Waals surface area contributed by atoms with Gasteiger partial charge < -0.3 is 0 Å². The Balaban J connectivity index is -0.0000000639. The SMILES string of the molecule is C=CCS.C=CCSC.COS(C)(=O)=O.COS(C)(=O)=O.CS/C=C/CS(C)=O.CS/C=C/CSC.CSC/C=C/Br.CSC/C=C/S. The summed E-state index contributed by atoms with van der Waals surface area (Å²) in [5.41, 5.74) is 0. The van der Waals surface area contributed by atoms with Crippen LogP contribution in [0.4, 0.5) is 0 Å². The smallest absolute Gasteiger partial charge is 0.264 e. The molecule has 48 heavy (non-hydrogen) atoms. The standard InChI is InChI=1S/C5H10OS2.C5H10S2.C4H7BrS.C4H8S2.C4H8S.C3H6S.2C2H6O3S/c1-7-4-3-5-8(2)6;1-6-4-3-5-7-2;2*1-6-4-2-3-5;1-3-4-5-2;1-2-3-4;2*1-5-6(2,3)4/h3-4H,5H2,1-2H3;3-4H,5H2,1-2H3;2-3H,4H2,1H3;2-3,5H,4H2,1H3;3H,1,4H2,2H3;2,4H,1,3H2;2*1-2H3/b2*4-3+;2*3-2+;;;;. The number of thioether (sulfide) groups is 6. The van der Waals surface area contributed by atoms with Crippen molar-refractivity contribution in [2.45, 2.75) is 0 Å². The fraction of sp³-hybridized carbons (Fsp3) is 0.586. The molecule has 0 heterocycles. The summed E-state index contributed by atoms with van der Waals surface area (Å²) in [6.07, 6.45) is 27.8. The van der Waals surface area contributed by atoms with E-state index in [9.17, 15) is 21.0 Å². The molecule has 0 aliphatic carbocycles. The normalized spacial score (nSPS) is 10.8. The Bertz CT molecular complexity index is 897. The number of halogens is 1. The lowest BCUT2D eigenvalue weighted by molar-refractivity contribution is 0.402. The van der Waals surface area contributed by atoms with Crippen molar-refractivity contribution >= 4 is 143 Å². The summed E-state index contributed by atoms with van der Waals surface area (Å²) in [5.74, 6) is 5.84. The lowest BCUT2D eigenvalue weighted by Gasteiger charge is -1.84. The lowest BCUT2D eigenvalue weighted by Crippen LogP contribution is -1.95. The van der Waals surface area contributed by atoms with Gasteiger partial charge in [-0.25, -0.2) is 0 Å². The highest BCUT2D eigenvalue weighted by molar-refractivity contribution is 9.11. The second-order valence-electron chi connectivity index (χ2n) is 7.02. The molecule has 0 saturated carbocycles. The minimum Gasteiger partial charge on any atom is -0.274 e. The van der Waals surface area contributed by atoms with Gasteiger partial charge in [-0.1, -0.05) is 52.4 Å². The Labute approximate surface area is 344 Å². The van der Waals surface area contributed by atoms with Gasteiger partial charge in [-0.3, -0.25) is 12.6 Å². The van der Waals surface area contributed by atoms with Gasteiger partial charge >= 0.3 is 0 Å². The number of hydrogen-bond acceptors (Lipinski definition) is 15. The van der Waals surface area contributed by atoms with Crippen molar-refractivity contribution in [3.05, 3.63) is 70.8 Å². The van der Waals surface area contributed by atoms with E-state index < -0.39 is 31.0 Å². The fourth-order valence-corrected chi connectivity index (χ4v) is 3.86. The molecule has 1 unspecified atom stereocenters. The molecule has 0 aliphatic rings. The average Bonchev–Trinajstić information content (AvgIpc) is 3.04. The Hall–Kier alpha value is 1.69.